The minimum Gasteiger partial charge on any atom is -0.369 e. The molecule has 1 unspecified atom stereocenters. The molecule has 0 aliphatic heterocycles. The number of pyridine rings is 1. The lowest BCUT2D eigenvalue weighted by atomic mass is 10.2. The lowest BCUT2D eigenvalue weighted by molar-refractivity contribution is 0.844. The molecule has 13 heavy (non-hydrogen) atoms. The van der Waals surface area contributed by atoms with Crippen molar-refractivity contribution in [1.29, 1.82) is 5.26 Å². The SMILES string of the molecule is CCC(C#N)Nc1cncc(Br)c1. The maximum atomic E-state index is 8.71. The maximum absolute atomic E-state index is 8.71. The second kappa shape index (κ2) is 4.83. The molecule has 1 N–H and O–H groups in total. The summed E-state index contributed by atoms with van der Waals surface area (Å²) < 4.78 is 0.908. The molecule has 0 aliphatic rings. The van der Waals surface area contributed by atoms with Gasteiger partial charge in [0.05, 0.1) is 18.0 Å². The van der Waals surface area contributed by atoms with Crippen LogP contribution in [0.25, 0.3) is 0 Å². The summed E-state index contributed by atoms with van der Waals surface area (Å²) in [4.78, 5) is 3.99. The number of nitrogens with one attached hydrogen (secondary N) is 1. The molecule has 0 fully saturated rings. The Bertz CT molecular complexity index is 319. The van der Waals surface area contributed by atoms with E-state index in [1.807, 2.05) is 13.0 Å². The minimum absolute atomic E-state index is 0.143. The Morgan fingerprint density at radius 2 is 2.46 bits per heavy atom. The highest BCUT2D eigenvalue weighted by Gasteiger charge is 2.03. The number of hydrogen-bond acceptors (Lipinski definition) is 3. The minimum atomic E-state index is -0.143. The molecule has 1 aromatic heterocycles. The zero-order valence-corrected chi connectivity index (χ0v) is 8.87. The van der Waals surface area contributed by atoms with Crippen molar-refractivity contribution in [2.45, 2.75) is 19.4 Å². The van der Waals surface area contributed by atoms with Crippen LogP contribution >= 0.6 is 15.9 Å². The first kappa shape index (κ1) is 10.0. The summed E-state index contributed by atoms with van der Waals surface area (Å²) >= 11 is 3.31. The molecule has 3 nitrogen and oxygen atoms in total. The highest BCUT2D eigenvalue weighted by atomic mass is 79.9. The summed E-state index contributed by atoms with van der Waals surface area (Å²) in [6.07, 6.45) is 4.19. The molecule has 0 saturated heterocycles. The molecule has 0 spiro atoms. The van der Waals surface area contributed by atoms with Crippen molar-refractivity contribution < 1.29 is 0 Å². The van der Waals surface area contributed by atoms with Gasteiger partial charge in [-0.1, -0.05) is 6.92 Å². The summed E-state index contributed by atoms with van der Waals surface area (Å²) in [5, 5.41) is 11.8. The first-order valence-corrected chi connectivity index (χ1v) is 4.82. The molecule has 1 heterocycles. The van der Waals surface area contributed by atoms with E-state index < -0.39 is 0 Å². The van der Waals surface area contributed by atoms with Crippen molar-refractivity contribution in [3.8, 4) is 6.07 Å². The second-order valence-electron chi connectivity index (χ2n) is 2.63. The van der Waals surface area contributed by atoms with Crippen LogP contribution in [0.5, 0.6) is 0 Å². The number of nitrogens with zero attached hydrogens (tertiary/aromatic N) is 2. The molecule has 0 aromatic carbocycles. The van der Waals surface area contributed by atoms with Crippen LogP contribution in [0.4, 0.5) is 5.69 Å². The van der Waals surface area contributed by atoms with Crippen LogP contribution in [-0.2, 0) is 0 Å². The Balaban J connectivity index is 2.69. The summed E-state index contributed by atoms with van der Waals surface area (Å²) in [7, 11) is 0. The quantitative estimate of drug-likeness (QED) is 0.883. The van der Waals surface area contributed by atoms with Crippen LogP contribution < -0.4 is 5.32 Å². The number of aromatic nitrogens is 1. The third-order valence-corrected chi connectivity index (χ3v) is 2.04. The monoisotopic (exact) mass is 239 g/mol. The van der Waals surface area contributed by atoms with E-state index >= 15 is 0 Å². The van der Waals surface area contributed by atoms with E-state index in [1.165, 1.54) is 0 Å². The molecule has 0 bridgehead atoms. The molecule has 4 heteroatoms. The van der Waals surface area contributed by atoms with Gasteiger partial charge in [-0.3, -0.25) is 4.98 Å². The van der Waals surface area contributed by atoms with Gasteiger partial charge in [0, 0.05) is 10.7 Å². The Labute approximate surface area is 85.9 Å². The summed E-state index contributed by atoms with van der Waals surface area (Å²) in [5.41, 5.74) is 0.864. The number of rotatable bonds is 3. The molecular weight excluding hydrogens is 230 g/mol. The van der Waals surface area contributed by atoms with E-state index in [0.29, 0.717) is 0 Å². The van der Waals surface area contributed by atoms with E-state index in [0.717, 1.165) is 16.6 Å². The average Bonchev–Trinajstić information content (AvgIpc) is 2.14. The number of hydrogen-bond donors (Lipinski definition) is 1. The molecular formula is C9H10BrN3. The van der Waals surface area contributed by atoms with Gasteiger partial charge >= 0.3 is 0 Å². The van der Waals surface area contributed by atoms with Gasteiger partial charge in [0.1, 0.15) is 6.04 Å². The van der Waals surface area contributed by atoms with Gasteiger partial charge < -0.3 is 5.32 Å². The molecule has 0 aliphatic carbocycles. The predicted molar refractivity (Wildman–Crippen MR) is 55.3 cm³/mol. The third kappa shape index (κ3) is 3.03. The van der Waals surface area contributed by atoms with E-state index in [9.17, 15) is 0 Å². The summed E-state index contributed by atoms with van der Waals surface area (Å²) in [6, 6.07) is 3.92. The normalized spacial score (nSPS) is 11.8. The number of anilines is 1. The molecule has 0 amide bonds. The fraction of sp³-hybridized carbons (Fsp3) is 0.333. The summed E-state index contributed by atoms with van der Waals surface area (Å²) in [6.45, 7) is 1.96. The smallest absolute Gasteiger partial charge is 0.114 e. The molecule has 1 rings (SSSR count). The Morgan fingerprint density at radius 1 is 1.69 bits per heavy atom. The Morgan fingerprint density at radius 3 is 3.00 bits per heavy atom. The number of nitriles is 1. The zero-order chi connectivity index (χ0) is 9.68. The topological polar surface area (TPSA) is 48.7 Å². The standard InChI is InChI=1S/C9H10BrN3/c1-2-8(4-11)13-9-3-7(10)5-12-6-9/h3,5-6,8,13H,2H2,1H3. The van der Waals surface area contributed by atoms with Crippen molar-refractivity contribution >= 4 is 21.6 Å². The first-order chi connectivity index (χ1) is 6.26. The lowest BCUT2D eigenvalue weighted by Gasteiger charge is -2.09. The van der Waals surface area contributed by atoms with Crippen LogP contribution in [0.2, 0.25) is 0 Å². The van der Waals surface area contributed by atoms with E-state index in [4.69, 9.17) is 5.26 Å². The zero-order valence-electron chi connectivity index (χ0n) is 7.29. The van der Waals surface area contributed by atoms with Gasteiger partial charge in [0.25, 0.3) is 0 Å². The highest BCUT2D eigenvalue weighted by Crippen LogP contribution is 2.14. The third-order valence-electron chi connectivity index (χ3n) is 1.61. The maximum Gasteiger partial charge on any atom is 0.114 e. The van der Waals surface area contributed by atoms with Crippen LogP contribution in [0.15, 0.2) is 22.9 Å². The lowest BCUT2D eigenvalue weighted by Crippen LogP contribution is -2.15. The average molecular weight is 240 g/mol. The number of halogens is 1. The van der Waals surface area contributed by atoms with E-state index in [2.05, 4.69) is 32.3 Å². The van der Waals surface area contributed by atoms with Gasteiger partial charge in [-0.25, -0.2) is 0 Å². The fourth-order valence-electron chi connectivity index (χ4n) is 0.918. The fourth-order valence-corrected chi connectivity index (χ4v) is 1.28. The van der Waals surface area contributed by atoms with E-state index in [1.54, 1.807) is 12.4 Å². The summed E-state index contributed by atoms with van der Waals surface area (Å²) in [5.74, 6) is 0. The Hall–Kier alpha value is -1.08. The van der Waals surface area contributed by atoms with Gasteiger partial charge in [-0.2, -0.15) is 5.26 Å². The first-order valence-electron chi connectivity index (χ1n) is 4.03. The molecule has 68 valence electrons. The molecule has 1 aromatic rings. The van der Waals surface area contributed by atoms with Gasteiger partial charge in [0.2, 0.25) is 0 Å². The van der Waals surface area contributed by atoms with Crippen molar-refractivity contribution in [3.05, 3.63) is 22.9 Å². The largest absolute Gasteiger partial charge is 0.369 e. The predicted octanol–water partition coefficient (Wildman–Crippen LogP) is 2.56. The van der Waals surface area contributed by atoms with Crippen molar-refractivity contribution in [2.24, 2.45) is 0 Å². The molecule has 0 saturated carbocycles. The second-order valence-corrected chi connectivity index (χ2v) is 3.54. The highest BCUT2D eigenvalue weighted by molar-refractivity contribution is 9.10. The van der Waals surface area contributed by atoms with Crippen LogP contribution in [0.3, 0.4) is 0 Å². The van der Waals surface area contributed by atoms with Crippen molar-refractivity contribution in [3.63, 3.8) is 0 Å². The van der Waals surface area contributed by atoms with Gasteiger partial charge in [-0.15, -0.1) is 0 Å². The molecule has 0 radical (unpaired) electrons. The molecule has 1 atom stereocenters. The van der Waals surface area contributed by atoms with E-state index in [-0.39, 0.29) is 6.04 Å². The van der Waals surface area contributed by atoms with Crippen molar-refractivity contribution in [1.82, 2.24) is 4.98 Å². The van der Waals surface area contributed by atoms with Crippen LogP contribution in [0.1, 0.15) is 13.3 Å². The van der Waals surface area contributed by atoms with Crippen LogP contribution in [-0.4, -0.2) is 11.0 Å². The van der Waals surface area contributed by atoms with Gasteiger partial charge in [0.15, 0.2) is 0 Å². The Kier molecular flexibility index (Phi) is 3.71. The van der Waals surface area contributed by atoms with Gasteiger partial charge in [-0.05, 0) is 28.4 Å². The van der Waals surface area contributed by atoms with Crippen molar-refractivity contribution in [2.75, 3.05) is 5.32 Å². The van der Waals surface area contributed by atoms with Crippen LogP contribution in [0, 0.1) is 11.3 Å².